The van der Waals surface area contributed by atoms with Gasteiger partial charge >= 0.3 is 0 Å². The van der Waals surface area contributed by atoms with E-state index in [1.165, 1.54) is 28.0 Å². The normalized spacial score (nSPS) is 10.3. The van der Waals surface area contributed by atoms with Crippen LogP contribution in [0.2, 0.25) is 0 Å². The summed E-state index contributed by atoms with van der Waals surface area (Å²) in [4.78, 5) is 2.37. The number of rotatable bonds is 3. The fourth-order valence-corrected chi connectivity index (χ4v) is 2.87. The molecule has 0 amide bonds. The highest BCUT2D eigenvalue weighted by molar-refractivity contribution is 5.92. The Balaban J connectivity index is 0.00000176. The van der Waals surface area contributed by atoms with Crippen molar-refractivity contribution in [1.29, 1.82) is 0 Å². The van der Waals surface area contributed by atoms with E-state index in [0.717, 1.165) is 6.54 Å². The van der Waals surface area contributed by atoms with Crippen LogP contribution in [-0.2, 0) is 7.05 Å². The molecule has 0 aliphatic heterocycles. The molecule has 3 aromatic rings. The Morgan fingerprint density at radius 3 is 2.27 bits per heavy atom. The highest BCUT2D eigenvalue weighted by Gasteiger charge is 2.17. The van der Waals surface area contributed by atoms with Gasteiger partial charge in [0.05, 0.1) is 11.1 Å². The van der Waals surface area contributed by atoms with E-state index < -0.39 is 0 Å². The van der Waals surface area contributed by atoms with E-state index in [1.807, 2.05) is 0 Å². The van der Waals surface area contributed by atoms with E-state index in [1.54, 1.807) is 0 Å². The van der Waals surface area contributed by atoms with Crippen LogP contribution in [0.5, 0.6) is 0 Å². The van der Waals surface area contributed by atoms with Gasteiger partial charge in [-0.25, -0.2) is 0 Å². The van der Waals surface area contributed by atoms with Gasteiger partial charge in [-0.1, -0.05) is 30.3 Å². The lowest BCUT2D eigenvalue weighted by Crippen LogP contribution is -3.00. The van der Waals surface area contributed by atoms with Gasteiger partial charge in [-0.15, -0.1) is 0 Å². The number of para-hydroxylation sites is 2. The van der Waals surface area contributed by atoms with Crippen LogP contribution in [0, 0.1) is 6.92 Å². The molecule has 0 fully saturated rings. The molecular formula is C19H21IN2. The number of fused-ring (bicyclic) bond motifs is 1. The standard InChI is InChI=1S/C19H21N2.HI/c1-4-21(16-10-6-5-7-11-16)19-14-15(2)20(3)18-13-9-8-12-17(18)19;/h5-14H,4H2,1-3H3;1H/q+1;/p-1. The van der Waals surface area contributed by atoms with E-state index in [2.05, 4.69) is 91.0 Å². The highest BCUT2D eigenvalue weighted by Crippen LogP contribution is 2.31. The predicted octanol–water partition coefficient (Wildman–Crippen LogP) is 1.13. The number of halogens is 1. The first-order valence-corrected chi connectivity index (χ1v) is 7.43. The summed E-state index contributed by atoms with van der Waals surface area (Å²) in [6, 6.07) is 21.5. The number of aryl methyl sites for hydroxylation is 2. The fourth-order valence-electron chi connectivity index (χ4n) is 2.87. The van der Waals surface area contributed by atoms with E-state index in [0.29, 0.717) is 0 Å². The van der Waals surface area contributed by atoms with Crippen LogP contribution in [-0.4, -0.2) is 6.54 Å². The van der Waals surface area contributed by atoms with Gasteiger partial charge in [-0.3, -0.25) is 0 Å². The van der Waals surface area contributed by atoms with Crippen LogP contribution in [0.15, 0.2) is 60.7 Å². The molecule has 2 aromatic carbocycles. The molecule has 0 radical (unpaired) electrons. The quantitative estimate of drug-likeness (QED) is 0.469. The number of benzene rings is 2. The molecule has 0 aliphatic carbocycles. The Bertz CT molecular complexity index is 769. The minimum absolute atomic E-state index is 0. The maximum absolute atomic E-state index is 2.37. The second kappa shape index (κ2) is 7.09. The largest absolute Gasteiger partial charge is 1.00 e. The summed E-state index contributed by atoms with van der Waals surface area (Å²) in [5, 5.41) is 1.29. The maximum atomic E-state index is 2.37. The third-order valence-electron chi connectivity index (χ3n) is 4.09. The van der Waals surface area contributed by atoms with E-state index >= 15 is 0 Å². The number of hydrogen-bond acceptors (Lipinski definition) is 1. The SMILES string of the molecule is CCN(c1ccccc1)c1cc(C)[n+](C)c2ccccc12.[I-]. The lowest BCUT2D eigenvalue weighted by Gasteiger charge is -2.24. The highest BCUT2D eigenvalue weighted by atomic mass is 127. The smallest absolute Gasteiger partial charge is 0.214 e. The second-order valence-corrected chi connectivity index (χ2v) is 5.33. The van der Waals surface area contributed by atoms with E-state index in [4.69, 9.17) is 0 Å². The molecule has 0 saturated heterocycles. The molecule has 0 unspecified atom stereocenters. The summed E-state index contributed by atoms with van der Waals surface area (Å²) in [5.74, 6) is 0. The summed E-state index contributed by atoms with van der Waals surface area (Å²) >= 11 is 0. The molecule has 114 valence electrons. The minimum Gasteiger partial charge on any atom is -1.00 e. The summed E-state index contributed by atoms with van der Waals surface area (Å²) in [6.45, 7) is 5.31. The van der Waals surface area contributed by atoms with Crippen LogP contribution in [0.4, 0.5) is 11.4 Å². The summed E-state index contributed by atoms with van der Waals surface area (Å²) < 4.78 is 2.25. The number of hydrogen-bond donors (Lipinski definition) is 0. The Hall–Kier alpha value is -1.62. The molecule has 0 atom stereocenters. The molecule has 3 heteroatoms. The van der Waals surface area contributed by atoms with E-state index in [9.17, 15) is 0 Å². The number of anilines is 2. The van der Waals surface area contributed by atoms with Crippen molar-refractivity contribution in [3.05, 3.63) is 66.4 Å². The van der Waals surface area contributed by atoms with Gasteiger partial charge in [0.15, 0.2) is 5.69 Å². The molecule has 1 aromatic heterocycles. The molecule has 2 nitrogen and oxygen atoms in total. The monoisotopic (exact) mass is 404 g/mol. The summed E-state index contributed by atoms with van der Waals surface area (Å²) in [6.07, 6.45) is 0. The average molecular weight is 404 g/mol. The van der Waals surface area contributed by atoms with Crippen LogP contribution >= 0.6 is 0 Å². The van der Waals surface area contributed by atoms with Crippen molar-refractivity contribution >= 4 is 22.3 Å². The van der Waals surface area contributed by atoms with Crippen LogP contribution < -0.4 is 33.4 Å². The van der Waals surface area contributed by atoms with Crippen molar-refractivity contribution < 1.29 is 28.5 Å². The topological polar surface area (TPSA) is 7.12 Å². The molecule has 1 heterocycles. The third kappa shape index (κ3) is 2.95. The molecule has 0 aliphatic rings. The molecular weight excluding hydrogens is 383 g/mol. The van der Waals surface area contributed by atoms with Gasteiger partial charge in [0.1, 0.15) is 7.05 Å². The third-order valence-corrected chi connectivity index (χ3v) is 4.09. The summed E-state index contributed by atoms with van der Waals surface area (Å²) in [7, 11) is 2.13. The van der Waals surface area contributed by atoms with Gasteiger partial charge < -0.3 is 28.9 Å². The van der Waals surface area contributed by atoms with Crippen molar-refractivity contribution in [2.24, 2.45) is 7.05 Å². The number of nitrogens with zero attached hydrogens (tertiary/aromatic N) is 2. The number of pyridine rings is 1. The first kappa shape index (κ1) is 16.7. The molecule has 0 spiro atoms. The lowest BCUT2D eigenvalue weighted by atomic mass is 10.1. The van der Waals surface area contributed by atoms with Crippen molar-refractivity contribution in [2.75, 3.05) is 11.4 Å². The summed E-state index contributed by atoms with van der Waals surface area (Å²) in [5.41, 5.74) is 5.04. The first-order valence-electron chi connectivity index (χ1n) is 7.43. The Kier molecular flexibility index (Phi) is 5.40. The van der Waals surface area contributed by atoms with Crippen LogP contribution in [0.1, 0.15) is 12.6 Å². The van der Waals surface area contributed by atoms with Gasteiger partial charge in [-0.05, 0) is 25.1 Å². The average Bonchev–Trinajstić information content (AvgIpc) is 2.54. The minimum atomic E-state index is 0. The zero-order valence-electron chi connectivity index (χ0n) is 13.3. The van der Waals surface area contributed by atoms with Crippen LogP contribution in [0.3, 0.4) is 0 Å². The second-order valence-electron chi connectivity index (χ2n) is 5.33. The van der Waals surface area contributed by atoms with Gasteiger partial charge in [0.25, 0.3) is 0 Å². The zero-order chi connectivity index (χ0) is 14.8. The first-order chi connectivity index (χ1) is 10.2. The van der Waals surface area contributed by atoms with Gasteiger partial charge in [0.2, 0.25) is 5.52 Å². The van der Waals surface area contributed by atoms with Crippen molar-refractivity contribution in [3.8, 4) is 0 Å². The molecule has 22 heavy (non-hydrogen) atoms. The lowest BCUT2D eigenvalue weighted by molar-refractivity contribution is -0.651. The molecule has 0 saturated carbocycles. The van der Waals surface area contributed by atoms with Gasteiger partial charge in [-0.2, -0.15) is 4.57 Å². The van der Waals surface area contributed by atoms with E-state index in [-0.39, 0.29) is 24.0 Å². The molecule has 0 bridgehead atoms. The number of aromatic nitrogens is 1. The molecule has 0 N–H and O–H groups in total. The Labute approximate surface area is 149 Å². The Morgan fingerprint density at radius 2 is 1.59 bits per heavy atom. The van der Waals surface area contributed by atoms with Gasteiger partial charge in [0, 0.05) is 31.3 Å². The fraction of sp³-hybridized carbons (Fsp3) is 0.211. The van der Waals surface area contributed by atoms with Crippen molar-refractivity contribution in [1.82, 2.24) is 0 Å². The Morgan fingerprint density at radius 1 is 0.955 bits per heavy atom. The van der Waals surface area contributed by atoms with Crippen molar-refractivity contribution in [2.45, 2.75) is 13.8 Å². The van der Waals surface area contributed by atoms with Crippen molar-refractivity contribution in [3.63, 3.8) is 0 Å². The maximum Gasteiger partial charge on any atom is 0.214 e. The predicted molar refractivity (Wildman–Crippen MR) is 89.0 cm³/mol. The molecule has 3 rings (SSSR count). The zero-order valence-corrected chi connectivity index (χ0v) is 15.4. The van der Waals surface area contributed by atoms with Crippen LogP contribution in [0.25, 0.3) is 10.9 Å².